The molecule has 0 amide bonds. The van der Waals surface area contributed by atoms with Gasteiger partial charge in [0, 0.05) is 6.42 Å². The molecule has 0 aliphatic carbocycles. The standard InChI is InChI=1S/C15H20O3/c1-2-3-4-8-11-14(16)12-18-15(17)13-9-6-5-7-10-13/h5-7,9-10,12,16H,2-4,8,11H2,1H3. The van der Waals surface area contributed by atoms with Crippen molar-refractivity contribution in [2.75, 3.05) is 0 Å². The van der Waals surface area contributed by atoms with Crippen molar-refractivity contribution in [3.63, 3.8) is 0 Å². The number of carbonyl (C=O) groups is 1. The molecule has 0 heterocycles. The lowest BCUT2D eigenvalue weighted by Gasteiger charge is -2.02. The number of allylic oxidation sites excluding steroid dienone is 1. The van der Waals surface area contributed by atoms with E-state index in [9.17, 15) is 9.90 Å². The maximum absolute atomic E-state index is 11.5. The molecule has 0 saturated heterocycles. The second kappa shape index (κ2) is 8.34. The Kier molecular flexibility index (Phi) is 6.62. The quantitative estimate of drug-likeness (QED) is 0.446. The van der Waals surface area contributed by atoms with Crippen molar-refractivity contribution in [2.24, 2.45) is 0 Å². The molecule has 1 aromatic carbocycles. The van der Waals surface area contributed by atoms with Crippen LogP contribution in [0.2, 0.25) is 0 Å². The number of unbranched alkanes of at least 4 members (excludes halogenated alkanes) is 3. The number of esters is 1. The minimum Gasteiger partial charge on any atom is -0.509 e. The Balaban J connectivity index is 2.32. The normalized spacial score (nSPS) is 11.3. The number of aliphatic hydroxyl groups is 1. The lowest BCUT2D eigenvalue weighted by molar-refractivity contribution is 0.0650. The average Bonchev–Trinajstić information content (AvgIpc) is 2.42. The fourth-order valence-corrected chi connectivity index (χ4v) is 1.56. The van der Waals surface area contributed by atoms with E-state index >= 15 is 0 Å². The van der Waals surface area contributed by atoms with E-state index < -0.39 is 5.97 Å². The van der Waals surface area contributed by atoms with Gasteiger partial charge in [-0.05, 0) is 18.6 Å². The summed E-state index contributed by atoms with van der Waals surface area (Å²) in [4.78, 5) is 11.5. The third kappa shape index (κ3) is 5.53. The van der Waals surface area contributed by atoms with E-state index in [1.807, 2.05) is 6.07 Å². The first-order valence-corrected chi connectivity index (χ1v) is 6.38. The molecule has 0 unspecified atom stereocenters. The highest BCUT2D eigenvalue weighted by Crippen LogP contribution is 2.09. The van der Waals surface area contributed by atoms with Crippen LogP contribution >= 0.6 is 0 Å². The zero-order chi connectivity index (χ0) is 13.2. The van der Waals surface area contributed by atoms with E-state index in [-0.39, 0.29) is 5.76 Å². The summed E-state index contributed by atoms with van der Waals surface area (Å²) in [6, 6.07) is 8.72. The molecule has 0 aliphatic rings. The first-order valence-electron chi connectivity index (χ1n) is 6.38. The zero-order valence-corrected chi connectivity index (χ0v) is 10.8. The summed E-state index contributed by atoms with van der Waals surface area (Å²) < 4.78 is 4.90. The molecule has 0 atom stereocenters. The molecular formula is C15H20O3. The van der Waals surface area contributed by atoms with E-state index in [1.54, 1.807) is 24.3 Å². The minimum absolute atomic E-state index is 0.121. The van der Waals surface area contributed by atoms with Crippen LogP contribution in [0.5, 0.6) is 0 Å². The van der Waals surface area contributed by atoms with Crippen molar-refractivity contribution < 1.29 is 14.6 Å². The molecule has 0 radical (unpaired) electrons. The molecule has 0 aliphatic heterocycles. The topological polar surface area (TPSA) is 46.5 Å². The molecule has 1 aromatic rings. The molecule has 0 aromatic heterocycles. The van der Waals surface area contributed by atoms with E-state index in [1.165, 1.54) is 0 Å². The van der Waals surface area contributed by atoms with Gasteiger partial charge in [-0.1, -0.05) is 44.4 Å². The Morgan fingerprint density at radius 1 is 1.22 bits per heavy atom. The van der Waals surface area contributed by atoms with Crippen molar-refractivity contribution in [2.45, 2.75) is 39.0 Å². The summed E-state index contributed by atoms with van der Waals surface area (Å²) >= 11 is 0. The summed E-state index contributed by atoms with van der Waals surface area (Å²) in [6.07, 6.45) is 6.02. The van der Waals surface area contributed by atoms with Gasteiger partial charge in [-0.15, -0.1) is 0 Å². The van der Waals surface area contributed by atoms with Gasteiger partial charge in [0.1, 0.15) is 12.0 Å². The first kappa shape index (κ1) is 14.3. The van der Waals surface area contributed by atoms with E-state index in [4.69, 9.17) is 4.74 Å². The Bertz CT molecular complexity index is 382. The second-order valence-corrected chi connectivity index (χ2v) is 4.19. The van der Waals surface area contributed by atoms with Crippen LogP contribution < -0.4 is 0 Å². The second-order valence-electron chi connectivity index (χ2n) is 4.19. The van der Waals surface area contributed by atoms with E-state index in [0.717, 1.165) is 31.9 Å². The predicted octanol–water partition coefficient (Wildman–Crippen LogP) is 4.21. The van der Waals surface area contributed by atoms with Crippen LogP contribution in [0.15, 0.2) is 42.4 Å². The lowest BCUT2D eigenvalue weighted by atomic mass is 10.1. The van der Waals surface area contributed by atoms with Crippen LogP contribution in [0.3, 0.4) is 0 Å². The highest BCUT2D eigenvalue weighted by atomic mass is 16.5. The smallest absolute Gasteiger partial charge is 0.343 e. The van der Waals surface area contributed by atoms with Crippen LogP contribution in [-0.2, 0) is 4.74 Å². The van der Waals surface area contributed by atoms with Crippen LogP contribution in [0.4, 0.5) is 0 Å². The summed E-state index contributed by atoms with van der Waals surface area (Å²) in [5.74, 6) is -0.328. The summed E-state index contributed by atoms with van der Waals surface area (Å²) in [5, 5.41) is 9.53. The van der Waals surface area contributed by atoms with Crippen LogP contribution in [0.1, 0.15) is 49.4 Å². The van der Waals surface area contributed by atoms with Crippen LogP contribution in [0.25, 0.3) is 0 Å². The third-order valence-corrected chi connectivity index (χ3v) is 2.60. The maximum atomic E-state index is 11.5. The SMILES string of the molecule is CCCCCCC(O)=COC(=O)c1ccccc1. The number of benzene rings is 1. The van der Waals surface area contributed by atoms with Gasteiger partial charge in [-0.3, -0.25) is 0 Å². The molecule has 0 bridgehead atoms. The van der Waals surface area contributed by atoms with E-state index in [0.29, 0.717) is 12.0 Å². The molecule has 1 rings (SSSR count). The molecule has 3 heteroatoms. The average molecular weight is 248 g/mol. The number of carbonyl (C=O) groups excluding carboxylic acids is 1. The highest BCUT2D eigenvalue weighted by Gasteiger charge is 2.04. The lowest BCUT2D eigenvalue weighted by Crippen LogP contribution is -2.00. The summed E-state index contributed by atoms with van der Waals surface area (Å²) in [6.45, 7) is 2.14. The molecule has 98 valence electrons. The van der Waals surface area contributed by atoms with Crippen molar-refractivity contribution in [1.82, 2.24) is 0 Å². The Labute approximate surface area is 108 Å². The number of rotatable bonds is 7. The number of aliphatic hydroxyl groups excluding tert-OH is 1. The first-order chi connectivity index (χ1) is 8.74. The van der Waals surface area contributed by atoms with Gasteiger partial charge in [0.2, 0.25) is 0 Å². The molecule has 18 heavy (non-hydrogen) atoms. The maximum Gasteiger partial charge on any atom is 0.343 e. The van der Waals surface area contributed by atoms with Crippen molar-refractivity contribution in [3.8, 4) is 0 Å². The van der Waals surface area contributed by atoms with Gasteiger partial charge in [0.05, 0.1) is 5.56 Å². The minimum atomic E-state index is -0.448. The van der Waals surface area contributed by atoms with Gasteiger partial charge in [-0.2, -0.15) is 0 Å². The van der Waals surface area contributed by atoms with Gasteiger partial charge in [0.25, 0.3) is 0 Å². The molecule has 3 nitrogen and oxygen atoms in total. The summed E-state index contributed by atoms with van der Waals surface area (Å²) in [5.41, 5.74) is 0.479. The van der Waals surface area contributed by atoms with Crippen molar-refractivity contribution in [1.29, 1.82) is 0 Å². The zero-order valence-electron chi connectivity index (χ0n) is 10.8. The Hall–Kier alpha value is -1.77. The van der Waals surface area contributed by atoms with Gasteiger partial charge in [0.15, 0.2) is 0 Å². The van der Waals surface area contributed by atoms with Crippen LogP contribution in [0, 0.1) is 0 Å². The molecular weight excluding hydrogens is 228 g/mol. The van der Waals surface area contributed by atoms with E-state index in [2.05, 4.69) is 6.92 Å². The highest BCUT2D eigenvalue weighted by molar-refractivity contribution is 5.89. The monoisotopic (exact) mass is 248 g/mol. The number of ether oxygens (including phenoxy) is 1. The molecule has 1 N–H and O–H groups in total. The Morgan fingerprint density at radius 2 is 1.94 bits per heavy atom. The Morgan fingerprint density at radius 3 is 2.61 bits per heavy atom. The third-order valence-electron chi connectivity index (χ3n) is 2.60. The molecule has 0 saturated carbocycles. The van der Waals surface area contributed by atoms with Gasteiger partial charge >= 0.3 is 5.97 Å². The number of hydrogen-bond donors (Lipinski definition) is 1. The van der Waals surface area contributed by atoms with Crippen LogP contribution in [-0.4, -0.2) is 11.1 Å². The molecule has 0 spiro atoms. The fourth-order valence-electron chi connectivity index (χ4n) is 1.56. The van der Waals surface area contributed by atoms with Crippen molar-refractivity contribution in [3.05, 3.63) is 47.9 Å². The van der Waals surface area contributed by atoms with Gasteiger partial charge < -0.3 is 9.84 Å². The predicted molar refractivity (Wildman–Crippen MR) is 71.3 cm³/mol. The number of hydrogen-bond acceptors (Lipinski definition) is 3. The fraction of sp³-hybridized carbons (Fsp3) is 0.400. The van der Waals surface area contributed by atoms with Crippen molar-refractivity contribution >= 4 is 5.97 Å². The van der Waals surface area contributed by atoms with Gasteiger partial charge in [-0.25, -0.2) is 4.79 Å². The summed E-state index contributed by atoms with van der Waals surface area (Å²) in [7, 11) is 0. The molecule has 0 fully saturated rings. The largest absolute Gasteiger partial charge is 0.509 e.